The zero-order chi connectivity index (χ0) is 21.2. The number of Topliss-reactive ketones (excluding diaryl/α,β-unsaturated/α-hetero) is 1. The molecule has 0 aliphatic carbocycles. The highest BCUT2D eigenvalue weighted by Crippen LogP contribution is 2.35. The summed E-state index contributed by atoms with van der Waals surface area (Å²) in [5, 5.41) is 0. The fraction of sp³-hybridized carbons (Fsp3) is 0.0400. The molecule has 2 aliphatic rings. The van der Waals surface area contributed by atoms with Gasteiger partial charge >= 0.3 is 5.97 Å². The molecule has 0 aromatic heterocycles. The third-order valence-electron chi connectivity index (χ3n) is 4.80. The smallest absolute Gasteiger partial charge is 0.343 e. The molecule has 0 fully saturated rings. The first kappa shape index (κ1) is 18.7. The van der Waals surface area contributed by atoms with Crippen molar-refractivity contribution in [3.05, 3.63) is 101 Å². The average molecular weight is 412 g/mol. The minimum Gasteiger partial charge on any atom is -0.454 e. The standard InChI is InChI=1S/C25H16O6/c26-24-19-11-10-18(30-25(27)17-9-12-20-23(13-17)29-15-28-20)14-22(19)31-21(24)8-4-7-16-5-2-1-3-6-16/h1-14H,15H2/b7-4+,21-8+. The molecule has 3 aromatic rings. The van der Waals surface area contributed by atoms with Gasteiger partial charge < -0.3 is 18.9 Å². The van der Waals surface area contributed by atoms with Crippen molar-refractivity contribution >= 4 is 17.8 Å². The van der Waals surface area contributed by atoms with Crippen molar-refractivity contribution in [2.45, 2.75) is 0 Å². The number of benzene rings is 3. The van der Waals surface area contributed by atoms with Crippen LogP contribution in [0.15, 0.2) is 84.6 Å². The molecule has 0 radical (unpaired) electrons. The molecule has 0 saturated heterocycles. The molecule has 6 nitrogen and oxygen atoms in total. The highest BCUT2D eigenvalue weighted by molar-refractivity contribution is 6.12. The first-order valence-corrected chi connectivity index (χ1v) is 9.59. The molecule has 3 aromatic carbocycles. The van der Waals surface area contributed by atoms with Crippen molar-refractivity contribution in [1.82, 2.24) is 0 Å². The minimum atomic E-state index is -0.552. The fourth-order valence-electron chi connectivity index (χ4n) is 3.25. The van der Waals surface area contributed by atoms with Crippen LogP contribution in [0.4, 0.5) is 0 Å². The van der Waals surface area contributed by atoms with Crippen LogP contribution in [0.2, 0.25) is 0 Å². The van der Waals surface area contributed by atoms with Gasteiger partial charge in [0.2, 0.25) is 12.6 Å². The van der Waals surface area contributed by atoms with Crippen molar-refractivity contribution in [1.29, 1.82) is 0 Å². The number of hydrogen-bond acceptors (Lipinski definition) is 6. The van der Waals surface area contributed by atoms with Crippen LogP contribution in [0.3, 0.4) is 0 Å². The van der Waals surface area contributed by atoms with Gasteiger partial charge in [0, 0.05) is 6.07 Å². The summed E-state index contributed by atoms with van der Waals surface area (Å²) in [6.45, 7) is 0.125. The number of esters is 1. The van der Waals surface area contributed by atoms with Crippen molar-refractivity contribution in [2.75, 3.05) is 6.79 Å². The third-order valence-corrected chi connectivity index (χ3v) is 4.80. The largest absolute Gasteiger partial charge is 0.454 e. The lowest BCUT2D eigenvalue weighted by Crippen LogP contribution is -2.08. The van der Waals surface area contributed by atoms with Gasteiger partial charge in [0.05, 0.1) is 11.1 Å². The number of carbonyl (C=O) groups is 2. The molecule has 152 valence electrons. The Morgan fingerprint density at radius 3 is 2.61 bits per heavy atom. The number of hydrogen-bond donors (Lipinski definition) is 0. The number of ketones is 1. The molecule has 0 amide bonds. The second-order valence-electron chi connectivity index (χ2n) is 6.85. The normalized spacial score (nSPS) is 15.2. The van der Waals surface area contributed by atoms with E-state index >= 15 is 0 Å². The molecule has 0 N–H and O–H groups in total. The van der Waals surface area contributed by atoms with Gasteiger partial charge in [-0.3, -0.25) is 4.79 Å². The van der Waals surface area contributed by atoms with E-state index in [0.29, 0.717) is 28.4 Å². The minimum absolute atomic E-state index is 0.125. The molecule has 0 spiro atoms. The van der Waals surface area contributed by atoms with Crippen LogP contribution in [0.5, 0.6) is 23.0 Å². The number of fused-ring (bicyclic) bond motifs is 2. The highest BCUT2D eigenvalue weighted by atomic mass is 16.7. The van der Waals surface area contributed by atoms with Crippen LogP contribution >= 0.6 is 0 Å². The summed E-state index contributed by atoms with van der Waals surface area (Å²) in [6.07, 6.45) is 5.26. The molecule has 0 bridgehead atoms. The monoisotopic (exact) mass is 412 g/mol. The van der Waals surface area contributed by atoms with Gasteiger partial charge in [-0.2, -0.15) is 0 Å². The molecule has 2 heterocycles. The lowest BCUT2D eigenvalue weighted by atomic mass is 10.1. The summed E-state index contributed by atoms with van der Waals surface area (Å²) in [7, 11) is 0. The predicted octanol–water partition coefficient (Wildman–Crippen LogP) is 4.81. The fourth-order valence-corrected chi connectivity index (χ4v) is 3.25. The van der Waals surface area contributed by atoms with Crippen LogP contribution in [0.25, 0.3) is 6.08 Å². The maximum absolute atomic E-state index is 12.5. The van der Waals surface area contributed by atoms with E-state index in [1.165, 1.54) is 6.07 Å². The second kappa shape index (κ2) is 7.84. The van der Waals surface area contributed by atoms with E-state index < -0.39 is 5.97 Å². The quantitative estimate of drug-likeness (QED) is 0.348. The summed E-state index contributed by atoms with van der Waals surface area (Å²) in [6, 6.07) is 19.2. The zero-order valence-corrected chi connectivity index (χ0v) is 16.2. The van der Waals surface area contributed by atoms with Crippen molar-refractivity contribution < 1.29 is 28.5 Å². The summed E-state index contributed by atoms with van der Waals surface area (Å²) in [5.41, 5.74) is 1.76. The Bertz CT molecular complexity index is 1240. The van der Waals surface area contributed by atoms with Gasteiger partial charge in [0.15, 0.2) is 17.3 Å². The Labute approximate surface area is 177 Å². The summed E-state index contributed by atoms with van der Waals surface area (Å²) in [5.74, 6) is 1.14. The van der Waals surface area contributed by atoms with Gasteiger partial charge in [-0.1, -0.05) is 42.5 Å². The van der Waals surface area contributed by atoms with E-state index in [1.54, 1.807) is 42.5 Å². The Hall–Kier alpha value is -4.32. The molecule has 2 aliphatic heterocycles. The average Bonchev–Trinajstić information content (AvgIpc) is 3.38. The van der Waals surface area contributed by atoms with Gasteiger partial charge in [-0.25, -0.2) is 4.79 Å². The van der Waals surface area contributed by atoms with E-state index in [-0.39, 0.29) is 24.1 Å². The molecular weight excluding hydrogens is 396 g/mol. The van der Waals surface area contributed by atoms with E-state index in [0.717, 1.165) is 5.56 Å². The topological polar surface area (TPSA) is 71.1 Å². The lowest BCUT2D eigenvalue weighted by Gasteiger charge is -2.06. The Morgan fingerprint density at radius 2 is 1.74 bits per heavy atom. The molecular formula is C25H16O6. The number of ether oxygens (including phenoxy) is 4. The maximum atomic E-state index is 12.5. The van der Waals surface area contributed by atoms with Gasteiger partial charge in [-0.05, 0) is 42.0 Å². The van der Waals surface area contributed by atoms with Gasteiger partial charge in [0.1, 0.15) is 11.5 Å². The first-order valence-electron chi connectivity index (χ1n) is 9.59. The molecule has 0 atom stereocenters. The van der Waals surface area contributed by atoms with Crippen molar-refractivity contribution in [3.63, 3.8) is 0 Å². The van der Waals surface area contributed by atoms with Crippen LogP contribution in [0.1, 0.15) is 26.3 Å². The lowest BCUT2D eigenvalue weighted by molar-refractivity contribution is 0.0734. The van der Waals surface area contributed by atoms with E-state index in [9.17, 15) is 9.59 Å². The highest BCUT2D eigenvalue weighted by Gasteiger charge is 2.27. The first-order chi connectivity index (χ1) is 15.2. The number of rotatable bonds is 4. The molecule has 31 heavy (non-hydrogen) atoms. The van der Waals surface area contributed by atoms with E-state index in [1.807, 2.05) is 36.4 Å². The van der Waals surface area contributed by atoms with Crippen molar-refractivity contribution in [2.24, 2.45) is 0 Å². The third kappa shape index (κ3) is 3.79. The zero-order valence-electron chi connectivity index (χ0n) is 16.2. The summed E-state index contributed by atoms with van der Waals surface area (Å²) in [4.78, 5) is 25.0. The van der Waals surface area contributed by atoms with Crippen LogP contribution in [-0.4, -0.2) is 18.5 Å². The van der Waals surface area contributed by atoms with Crippen LogP contribution in [-0.2, 0) is 0 Å². The number of carbonyl (C=O) groups excluding carboxylic acids is 2. The second-order valence-corrected chi connectivity index (χ2v) is 6.85. The summed E-state index contributed by atoms with van der Waals surface area (Å²) >= 11 is 0. The Kier molecular flexibility index (Phi) is 4.72. The predicted molar refractivity (Wildman–Crippen MR) is 112 cm³/mol. The van der Waals surface area contributed by atoms with Crippen LogP contribution in [0, 0.1) is 0 Å². The summed E-state index contributed by atoms with van der Waals surface area (Å²) < 4.78 is 21.6. The maximum Gasteiger partial charge on any atom is 0.343 e. The Morgan fingerprint density at radius 1 is 0.903 bits per heavy atom. The SMILES string of the molecule is O=C(Oc1ccc2c(c1)O/C(=C/C=C/c1ccccc1)C2=O)c1ccc2c(c1)OCO2. The number of allylic oxidation sites excluding steroid dienone is 3. The molecule has 0 unspecified atom stereocenters. The van der Waals surface area contributed by atoms with E-state index in [4.69, 9.17) is 18.9 Å². The molecule has 0 saturated carbocycles. The van der Waals surface area contributed by atoms with Crippen molar-refractivity contribution in [3.8, 4) is 23.0 Å². The molecule has 5 rings (SSSR count). The van der Waals surface area contributed by atoms with Gasteiger partial charge in [0.25, 0.3) is 0 Å². The Balaban J connectivity index is 1.30. The molecule has 6 heteroatoms. The van der Waals surface area contributed by atoms with E-state index in [2.05, 4.69) is 0 Å². The van der Waals surface area contributed by atoms with Crippen LogP contribution < -0.4 is 18.9 Å². The van der Waals surface area contributed by atoms with Gasteiger partial charge in [-0.15, -0.1) is 0 Å².